The van der Waals surface area contributed by atoms with Crippen molar-refractivity contribution in [1.29, 1.82) is 0 Å². The Morgan fingerprint density at radius 3 is 2.74 bits per heavy atom. The van der Waals surface area contributed by atoms with E-state index >= 15 is 0 Å². The van der Waals surface area contributed by atoms with Gasteiger partial charge in [0.25, 0.3) is 5.91 Å². The molecule has 19 heavy (non-hydrogen) atoms. The second kappa shape index (κ2) is 7.23. The number of hydrogen-bond acceptors (Lipinski definition) is 2. The first-order valence-corrected chi connectivity index (χ1v) is 6.71. The first-order valence-electron chi connectivity index (χ1n) is 5.92. The van der Waals surface area contributed by atoms with Gasteiger partial charge in [-0.05, 0) is 34.5 Å². The Kier molecular flexibility index (Phi) is 5.95. The van der Waals surface area contributed by atoms with Crippen molar-refractivity contribution in [3.8, 4) is 0 Å². The van der Waals surface area contributed by atoms with Crippen LogP contribution in [0, 0.1) is 11.7 Å². The van der Waals surface area contributed by atoms with Crippen LogP contribution in [0.2, 0.25) is 0 Å². The van der Waals surface area contributed by atoms with Crippen molar-refractivity contribution >= 4 is 27.8 Å². The van der Waals surface area contributed by atoms with Gasteiger partial charge in [0, 0.05) is 6.54 Å². The number of nitrogens with one attached hydrogen (secondary N) is 1. The van der Waals surface area contributed by atoms with Crippen LogP contribution in [-0.2, 0) is 4.79 Å². The summed E-state index contributed by atoms with van der Waals surface area (Å²) in [6.07, 6.45) is 1.18. The highest BCUT2D eigenvalue weighted by atomic mass is 79.9. The summed E-state index contributed by atoms with van der Waals surface area (Å²) in [5.41, 5.74) is -0.102. The zero-order valence-corrected chi connectivity index (χ0v) is 12.0. The van der Waals surface area contributed by atoms with Crippen LogP contribution in [0.15, 0.2) is 22.7 Å². The van der Waals surface area contributed by atoms with Crippen molar-refractivity contribution in [1.82, 2.24) is 5.32 Å². The fourth-order valence-corrected chi connectivity index (χ4v) is 2.02. The number of carboxylic acids is 1. The minimum Gasteiger partial charge on any atom is -0.481 e. The maximum Gasteiger partial charge on any atom is 0.308 e. The molecule has 1 rings (SSSR count). The van der Waals surface area contributed by atoms with Gasteiger partial charge in [-0.25, -0.2) is 4.39 Å². The molecule has 0 spiro atoms. The van der Waals surface area contributed by atoms with Gasteiger partial charge in [-0.1, -0.05) is 19.4 Å². The summed E-state index contributed by atoms with van der Waals surface area (Å²) in [6, 6.07) is 4.39. The molecule has 1 unspecified atom stereocenters. The average Bonchev–Trinajstić information content (AvgIpc) is 2.37. The number of carbonyl (C=O) groups excluding carboxylic acids is 1. The minimum absolute atomic E-state index is 0.00599. The molecule has 1 atom stereocenters. The van der Waals surface area contributed by atoms with E-state index in [1.165, 1.54) is 12.1 Å². The molecular weight excluding hydrogens is 317 g/mol. The van der Waals surface area contributed by atoms with Crippen molar-refractivity contribution in [2.24, 2.45) is 5.92 Å². The second-order valence-corrected chi connectivity index (χ2v) is 4.99. The van der Waals surface area contributed by atoms with Gasteiger partial charge >= 0.3 is 5.97 Å². The Balaban J connectivity index is 2.69. The number of halogens is 2. The summed E-state index contributed by atoms with van der Waals surface area (Å²) in [4.78, 5) is 22.7. The zero-order chi connectivity index (χ0) is 14.4. The summed E-state index contributed by atoms with van der Waals surface area (Å²) < 4.78 is 13.9. The molecule has 2 N–H and O–H groups in total. The third-order valence-electron chi connectivity index (χ3n) is 2.69. The average molecular weight is 332 g/mol. The molecule has 0 saturated heterocycles. The number of hydrogen-bond donors (Lipinski definition) is 2. The van der Waals surface area contributed by atoms with Crippen LogP contribution in [0.25, 0.3) is 0 Å². The zero-order valence-electron chi connectivity index (χ0n) is 10.5. The maximum absolute atomic E-state index is 13.7. The van der Waals surface area contributed by atoms with E-state index < -0.39 is 23.6 Å². The van der Waals surface area contributed by atoms with Crippen LogP contribution in [0.1, 0.15) is 30.1 Å². The molecule has 0 bridgehead atoms. The lowest BCUT2D eigenvalue weighted by Crippen LogP contribution is -2.33. The van der Waals surface area contributed by atoms with E-state index in [0.29, 0.717) is 12.8 Å². The quantitative estimate of drug-likeness (QED) is 0.842. The van der Waals surface area contributed by atoms with Gasteiger partial charge in [0.05, 0.1) is 16.0 Å². The van der Waals surface area contributed by atoms with E-state index in [-0.39, 0.29) is 16.6 Å². The molecule has 0 heterocycles. The molecule has 0 aliphatic rings. The molecule has 0 aromatic heterocycles. The van der Waals surface area contributed by atoms with E-state index in [2.05, 4.69) is 21.2 Å². The molecule has 0 aliphatic carbocycles. The summed E-state index contributed by atoms with van der Waals surface area (Å²) >= 11 is 2.99. The predicted octanol–water partition coefficient (Wildman–Crippen LogP) is 2.82. The highest BCUT2D eigenvalue weighted by molar-refractivity contribution is 9.10. The van der Waals surface area contributed by atoms with E-state index in [1.54, 1.807) is 6.07 Å². The Morgan fingerprint density at radius 1 is 1.47 bits per heavy atom. The largest absolute Gasteiger partial charge is 0.481 e. The fraction of sp³-hybridized carbons (Fsp3) is 0.385. The van der Waals surface area contributed by atoms with Gasteiger partial charge in [-0.15, -0.1) is 0 Å². The molecule has 6 heteroatoms. The van der Waals surface area contributed by atoms with Crippen molar-refractivity contribution in [2.75, 3.05) is 6.54 Å². The number of carbonyl (C=O) groups is 2. The molecule has 0 saturated carbocycles. The molecule has 1 amide bonds. The van der Waals surface area contributed by atoms with Crippen molar-refractivity contribution in [3.05, 3.63) is 34.1 Å². The number of aliphatic carboxylic acids is 1. The number of benzene rings is 1. The number of rotatable bonds is 6. The standard InChI is InChI=1S/C13H15BrFNO3/c1-2-4-8(13(18)19)7-16-12(17)9-5-3-6-10(14)11(9)15/h3,5-6,8H,2,4,7H2,1H3,(H,16,17)(H,18,19). The van der Waals surface area contributed by atoms with Crippen LogP contribution in [0.3, 0.4) is 0 Å². The Labute approximate surface area is 119 Å². The van der Waals surface area contributed by atoms with Crippen LogP contribution in [-0.4, -0.2) is 23.5 Å². The van der Waals surface area contributed by atoms with Gasteiger partial charge in [0.15, 0.2) is 0 Å². The maximum atomic E-state index is 13.7. The molecule has 1 aromatic rings. The normalized spacial score (nSPS) is 11.9. The first kappa shape index (κ1) is 15.6. The highest BCUT2D eigenvalue weighted by Crippen LogP contribution is 2.18. The van der Waals surface area contributed by atoms with E-state index in [0.717, 1.165) is 0 Å². The first-order chi connectivity index (χ1) is 8.97. The lowest BCUT2D eigenvalue weighted by molar-refractivity contribution is -0.141. The van der Waals surface area contributed by atoms with Crippen LogP contribution >= 0.6 is 15.9 Å². The lowest BCUT2D eigenvalue weighted by Gasteiger charge is -2.12. The van der Waals surface area contributed by atoms with E-state index in [4.69, 9.17) is 5.11 Å². The van der Waals surface area contributed by atoms with E-state index in [1.807, 2.05) is 6.92 Å². The summed E-state index contributed by atoms with van der Waals surface area (Å²) in [5.74, 6) is -2.87. The summed E-state index contributed by atoms with van der Waals surface area (Å²) in [5, 5.41) is 11.4. The molecule has 104 valence electrons. The van der Waals surface area contributed by atoms with Crippen LogP contribution in [0.5, 0.6) is 0 Å². The summed E-state index contributed by atoms with van der Waals surface area (Å²) in [7, 11) is 0. The molecular formula is C13H15BrFNO3. The fourth-order valence-electron chi connectivity index (χ4n) is 1.65. The van der Waals surface area contributed by atoms with Crippen LogP contribution in [0.4, 0.5) is 4.39 Å². The van der Waals surface area contributed by atoms with Gasteiger partial charge < -0.3 is 10.4 Å². The molecule has 0 fully saturated rings. The van der Waals surface area contributed by atoms with Crippen molar-refractivity contribution in [2.45, 2.75) is 19.8 Å². The summed E-state index contributed by atoms with van der Waals surface area (Å²) in [6.45, 7) is 1.86. The molecule has 1 aromatic carbocycles. The Bertz CT molecular complexity index is 479. The number of carboxylic acid groups (broad SMARTS) is 1. The predicted molar refractivity (Wildman–Crippen MR) is 72.5 cm³/mol. The topological polar surface area (TPSA) is 66.4 Å². The van der Waals surface area contributed by atoms with Gasteiger partial charge in [-0.2, -0.15) is 0 Å². The molecule has 0 aliphatic heterocycles. The van der Waals surface area contributed by atoms with Crippen LogP contribution < -0.4 is 5.32 Å². The number of amides is 1. The SMILES string of the molecule is CCCC(CNC(=O)c1cccc(Br)c1F)C(=O)O. The minimum atomic E-state index is -0.961. The monoisotopic (exact) mass is 331 g/mol. The van der Waals surface area contributed by atoms with Crippen molar-refractivity contribution in [3.63, 3.8) is 0 Å². The van der Waals surface area contributed by atoms with Gasteiger partial charge in [-0.3, -0.25) is 9.59 Å². The van der Waals surface area contributed by atoms with E-state index in [9.17, 15) is 14.0 Å². The van der Waals surface area contributed by atoms with Gasteiger partial charge in [0.1, 0.15) is 5.82 Å². The molecule has 0 radical (unpaired) electrons. The highest BCUT2D eigenvalue weighted by Gasteiger charge is 2.19. The Morgan fingerprint density at radius 2 is 2.16 bits per heavy atom. The van der Waals surface area contributed by atoms with Crippen molar-refractivity contribution < 1.29 is 19.1 Å². The Hall–Kier alpha value is -1.43. The molecule has 4 nitrogen and oxygen atoms in total. The third-order valence-corrected chi connectivity index (χ3v) is 3.30. The third kappa shape index (κ3) is 4.31. The smallest absolute Gasteiger partial charge is 0.308 e. The second-order valence-electron chi connectivity index (χ2n) is 4.14. The lowest BCUT2D eigenvalue weighted by atomic mass is 10.0. The van der Waals surface area contributed by atoms with Gasteiger partial charge in [0.2, 0.25) is 0 Å².